The average Bonchev–Trinajstić information content (AvgIpc) is 2.95. The molecule has 1 amide bonds. The Morgan fingerprint density at radius 3 is 2.36 bits per heavy atom. The third kappa shape index (κ3) is 3.39. The van der Waals surface area contributed by atoms with Crippen LogP contribution in [0, 0.1) is 0 Å². The molecule has 0 spiro atoms. The van der Waals surface area contributed by atoms with E-state index in [9.17, 15) is 4.79 Å². The number of nitrogens with one attached hydrogen (secondary N) is 1. The molecule has 0 aliphatic carbocycles. The normalized spacial score (nSPS) is 11.1. The summed E-state index contributed by atoms with van der Waals surface area (Å²) in [5.41, 5.74) is 1.07. The molecule has 6 nitrogen and oxygen atoms in total. The first-order chi connectivity index (χ1) is 10.3. The van der Waals surface area contributed by atoms with E-state index in [4.69, 9.17) is 14.0 Å². The highest BCUT2D eigenvalue weighted by Crippen LogP contribution is 2.28. The van der Waals surface area contributed by atoms with Gasteiger partial charge in [-0.25, -0.2) is 0 Å². The van der Waals surface area contributed by atoms with Crippen molar-refractivity contribution in [2.24, 2.45) is 0 Å². The van der Waals surface area contributed by atoms with E-state index in [1.54, 1.807) is 31.4 Å². The van der Waals surface area contributed by atoms with Crippen molar-refractivity contribution in [3.63, 3.8) is 0 Å². The maximum Gasteiger partial charge on any atom is 0.258 e. The molecule has 0 saturated heterocycles. The van der Waals surface area contributed by atoms with Crippen molar-refractivity contribution >= 4 is 11.8 Å². The van der Waals surface area contributed by atoms with Gasteiger partial charge in [0, 0.05) is 17.0 Å². The molecule has 1 heterocycles. The Morgan fingerprint density at radius 1 is 1.14 bits per heavy atom. The van der Waals surface area contributed by atoms with Gasteiger partial charge in [-0.1, -0.05) is 25.9 Å². The second kappa shape index (κ2) is 6.09. The summed E-state index contributed by atoms with van der Waals surface area (Å²) in [7, 11) is 3.06. The summed E-state index contributed by atoms with van der Waals surface area (Å²) >= 11 is 0. The van der Waals surface area contributed by atoms with Crippen molar-refractivity contribution in [2.45, 2.75) is 26.2 Å². The summed E-state index contributed by atoms with van der Waals surface area (Å²) in [5, 5.41) is 6.64. The molecule has 6 heteroatoms. The van der Waals surface area contributed by atoms with Gasteiger partial charge >= 0.3 is 0 Å². The van der Waals surface area contributed by atoms with E-state index < -0.39 is 0 Å². The number of aromatic nitrogens is 1. The maximum absolute atomic E-state index is 12.2. The second-order valence-corrected chi connectivity index (χ2v) is 5.85. The van der Waals surface area contributed by atoms with Gasteiger partial charge in [-0.05, 0) is 18.2 Å². The van der Waals surface area contributed by atoms with Crippen LogP contribution >= 0.6 is 0 Å². The third-order valence-electron chi connectivity index (χ3n) is 3.16. The zero-order valence-corrected chi connectivity index (χ0v) is 13.4. The molecule has 1 aromatic heterocycles. The Labute approximate surface area is 129 Å². The van der Waals surface area contributed by atoms with Gasteiger partial charge in [0.25, 0.3) is 5.91 Å². The van der Waals surface area contributed by atoms with E-state index in [0.29, 0.717) is 22.9 Å². The Bertz CT molecular complexity index is 671. The van der Waals surface area contributed by atoms with E-state index in [-0.39, 0.29) is 11.3 Å². The fraction of sp³-hybridized carbons (Fsp3) is 0.375. The molecule has 0 aliphatic heterocycles. The first kappa shape index (κ1) is 15.9. The maximum atomic E-state index is 12.2. The minimum Gasteiger partial charge on any atom is -0.493 e. The van der Waals surface area contributed by atoms with Crippen molar-refractivity contribution in [1.29, 1.82) is 0 Å². The lowest BCUT2D eigenvalue weighted by atomic mass is 9.92. The summed E-state index contributed by atoms with van der Waals surface area (Å²) in [4.78, 5) is 12.2. The van der Waals surface area contributed by atoms with Crippen LogP contribution in [0.15, 0.2) is 28.8 Å². The highest BCUT2D eigenvalue weighted by atomic mass is 16.5. The van der Waals surface area contributed by atoms with E-state index in [2.05, 4.69) is 10.5 Å². The van der Waals surface area contributed by atoms with Crippen LogP contribution in [0.3, 0.4) is 0 Å². The summed E-state index contributed by atoms with van der Waals surface area (Å²) in [6.45, 7) is 6.06. The molecule has 0 bridgehead atoms. The molecule has 118 valence electrons. The third-order valence-corrected chi connectivity index (χ3v) is 3.16. The van der Waals surface area contributed by atoms with Crippen LogP contribution in [0.4, 0.5) is 5.88 Å². The number of carbonyl (C=O) groups is 1. The molecule has 22 heavy (non-hydrogen) atoms. The molecule has 2 aromatic rings. The lowest BCUT2D eigenvalue weighted by Gasteiger charge is -2.12. The highest BCUT2D eigenvalue weighted by Gasteiger charge is 2.20. The molecule has 1 N–H and O–H groups in total. The van der Waals surface area contributed by atoms with E-state index in [1.165, 1.54) is 7.11 Å². The SMILES string of the molecule is COc1ccc(C(=O)Nc2cc(C(C)(C)C)no2)cc1OC. The highest BCUT2D eigenvalue weighted by molar-refractivity contribution is 6.04. The Balaban J connectivity index is 2.17. The quantitative estimate of drug-likeness (QED) is 0.938. The van der Waals surface area contributed by atoms with Crippen LogP contribution < -0.4 is 14.8 Å². The summed E-state index contributed by atoms with van der Waals surface area (Å²) in [5.74, 6) is 1.05. The molecule has 0 atom stereocenters. The van der Waals surface area contributed by atoms with Crippen molar-refractivity contribution in [1.82, 2.24) is 5.16 Å². The lowest BCUT2D eigenvalue weighted by Crippen LogP contribution is -2.12. The van der Waals surface area contributed by atoms with Gasteiger partial charge in [0.05, 0.1) is 19.9 Å². The van der Waals surface area contributed by atoms with Crippen LogP contribution in [0.2, 0.25) is 0 Å². The molecule has 0 fully saturated rings. The van der Waals surface area contributed by atoms with E-state index in [1.807, 2.05) is 20.8 Å². The largest absolute Gasteiger partial charge is 0.493 e. The smallest absolute Gasteiger partial charge is 0.258 e. The number of ether oxygens (including phenoxy) is 2. The monoisotopic (exact) mass is 304 g/mol. The van der Waals surface area contributed by atoms with Gasteiger partial charge < -0.3 is 14.0 Å². The molecule has 0 aliphatic rings. The van der Waals surface area contributed by atoms with Crippen LogP contribution in [-0.4, -0.2) is 25.3 Å². The number of nitrogens with zero attached hydrogens (tertiary/aromatic N) is 1. The predicted octanol–water partition coefficient (Wildman–Crippen LogP) is 3.24. The standard InChI is InChI=1S/C16H20N2O4/c1-16(2,3)13-9-14(22-18-13)17-15(19)10-6-7-11(20-4)12(8-10)21-5/h6-9H,1-5H3,(H,17,19). The topological polar surface area (TPSA) is 73.6 Å². The zero-order valence-electron chi connectivity index (χ0n) is 13.4. The van der Waals surface area contributed by atoms with Crippen molar-refractivity contribution < 1.29 is 18.8 Å². The number of amides is 1. The number of anilines is 1. The van der Waals surface area contributed by atoms with Crippen LogP contribution in [-0.2, 0) is 5.41 Å². The van der Waals surface area contributed by atoms with Crippen molar-refractivity contribution in [2.75, 3.05) is 19.5 Å². The Morgan fingerprint density at radius 2 is 1.82 bits per heavy atom. The van der Waals surface area contributed by atoms with Crippen LogP contribution in [0.1, 0.15) is 36.8 Å². The van der Waals surface area contributed by atoms with Crippen LogP contribution in [0.25, 0.3) is 0 Å². The fourth-order valence-corrected chi connectivity index (χ4v) is 1.85. The Hall–Kier alpha value is -2.50. The van der Waals surface area contributed by atoms with E-state index >= 15 is 0 Å². The minimum absolute atomic E-state index is 0.143. The van der Waals surface area contributed by atoms with Crippen LogP contribution in [0.5, 0.6) is 11.5 Å². The first-order valence-corrected chi connectivity index (χ1v) is 6.85. The minimum atomic E-state index is -0.308. The molecule has 2 rings (SSSR count). The second-order valence-electron chi connectivity index (χ2n) is 5.85. The van der Waals surface area contributed by atoms with E-state index in [0.717, 1.165) is 5.69 Å². The molecule has 0 saturated carbocycles. The number of hydrogen-bond acceptors (Lipinski definition) is 5. The fourth-order valence-electron chi connectivity index (χ4n) is 1.85. The first-order valence-electron chi connectivity index (χ1n) is 6.85. The van der Waals surface area contributed by atoms with Gasteiger partial charge in [0.15, 0.2) is 11.5 Å². The summed E-state index contributed by atoms with van der Waals surface area (Å²) in [6, 6.07) is 6.65. The van der Waals surface area contributed by atoms with Gasteiger partial charge in [0.1, 0.15) is 0 Å². The molecular formula is C16H20N2O4. The summed E-state index contributed by atoms with van der Waals surface area (Å²) < 4.78 is 15.5. The number of carbonyl (C=O) groups excluding carboxylic acids is 1. The molecule has 1 aromatic carbocycles. The van der Waals surface area contributed by atoms with Gasteiger partial charge in [-0.15, -0.1) is 0 Å². The van der Waals surface area contributed by atoms with Gasteiger partial charge in [-0.3, -0.25) is 10.1 Å². The number of methoxy groups -OCH3 is 2. The molecule has 0 unspecified atom stereocenters. The molecular weight excluding hydrogens is 284 g/mol. The van der Waals surface area contributed by atoms with Gasteiger partial charge in [0.2, 0.25) is 5.88 Å². The number of hydrogen-bond donors (Lipinski definition) is 1. The summed E-state index contributed by atoms with van der Waals surface area (Å²) in [6.07, 6.45) is 0. The van der Waals surface area contributed by atoms with Gasteiger partial charge in [-0.2, -0.15) is 0 Å². The Kier molecular flexibility index (Phi) is 4.40. The predicted molar refractivity (Wildman–Crippen MR) is 82.7 cm³/mol. The van der Waals surface area contributed by atoms with Crippen molar-refractivity contribution in [3.8, 4) is 11.5 Å². The zero-order chi connectivity index (χ0) is 16.3. The lowest BCUT2D eigenvalue weighted by molar-refractivity contribution is 0.102. The average molecular weight is 304 g/mol. The van der Waals surface area contributed by atoms with Crippen molar-refractivity contribution in [3.05, 3.63) is 35.5 Å². The molecule has 0 radical (unpaired) electrons. The number of benzene rings is 1. The number of rotatable bonds is 4.